The Labute approximate surface area is 188 Å². The summed E-state index contributed by atoms with van der Waals surface area (Å²) >= 11 is 1.53. The molecule has 0 fully saturated rings. The van der Waals surface area contributed by atoms with E-state index in [0.717, 1.165) is 21.1 Å². The van der Waals surface area contributed by atoms with Crippen LogP contribution in [-0.2, 0) is 0 Å². The highest BCUT2D eigenvalue weighted by Gasteiger charge is 2.22. The molecule has 162 valence electrons. The normalized spacial score (nSPS) is 11.8. The van der Waals surface area contributed by atoms with E-state index in [9.17, 15) is 14.9 Å². The van der Waals surface area contributed by atoms with Gasteiger partial charge in [0.15, 0.2) is 0 Å². The number of nitrogens with one attached hydrogen (secondary N) is 1. The summed E-state index contributed by atoms with van der Waals surface area (Å²) < 4.78 is 1.54. The first kappa shape index (κ1) is 21.4. The fourth-order valence-corrected chi connectivity index (χ4v) is 4.48. The Morgan fingerprint density at radius 3 is 2.59 bits per heavy atom. The summed E-state index contributed by atoms with van der Waals surface area (Å²) in [6.45, 7) is 5.83. The number of carbonyl (C=O) groups excluding carboxylic acids is 1. The zero-order chi connectivity index (χ0) is 22.8. The van der Waals surface area contributed by atoms with E-state index in [0.29, 0.717) is 5.69 Å². The quantitative estimate of drug-likeness (QED) is 0.330. The van der Waals surface area contributed by atoms with Gasteiger partial charge < -0.3 is 9.88 Å². The lowest BCUT2D eigenvalue weighted by Crippen LogP contribution is -2.26. The highest BCUT2D eigenvalue weighted by atomic mass is 32.1. The average Bonchev–Trinajstić information content (AvgIpc) is 3.44. The third kappa shape index (κ3) is 4.28. The van der Waals surface area contributed by atoms with Gasteiger partial charge in [0.25, 0.3) is 11.6 Å². The maximum Gasteiger partial charge on any atom is 0.294 e. The van der Waals surface area contributed by atoms with Crippen LogP contribution in [0.25, 0.3) is 16.3 Å². The number of thiazole rings is 1. The van der Waals surface area contributed by atoms with Crippen LogP contribution in [0.2, 0.25) is 0 Å². The molecule has 8 nitrogen and oxygen atoms in total. The van der Waals surface area contributed by atoms with E-state index < -0.39 is 4.92 Å². The second-order valence-electron chi connectivity index (χ2n) is 7.46. The van der Waals surface area contributed by atoms with Crippen molar-refractivity contribution in [1.29, 1.82) is 0 Å². The highest BCUT2D eigenvalue weighted by Crippen LogP contribution is 2.32. The maximum absolute atomic E-state index is 12.9. The first-order valence-electron chi connectivity index (χ1n) is 9.95. The topological polar surface area (TPSA) is 103 Å². The molecule has 0 spiro atoms. The van der Waals surface area contributed by atoms with Gasteiger partial charge in [0.2, 0.25) is 0 Å². The molecule has 2 aromatic heterocycles. The van der Waals surface area contributed by atoms with Crippen LogP contribution in [0.1, 0.15) is 39.5 Å². The van der Waals surface area contributed by atoms with E-state index in [1.165, 1.54) is 40.1 Å². The van der Waals surface area contributed by atoms with E-state index in [1.807, 2.05) is 45.0 Å². The number of nitro groups is 1. The van der Waals surface area contributed by atoms with Gasteiger partial charge in [-0.2, -0.15) is 0 Å². The number of hydrogen-bond acceptors (Lipinski definition) is 6. The molecule has 0 radical (unpaired) electrons. The first-order valence-corrected chi connectivity index (χ1v) is 10.8. The van der Waals surface area contributed by atoms with E-state index in [1.54, 1.807) is 18.3 Å². The van der Waals surface area contributed by atoms with Crippen molar-refractivity contribution in [3.63, 3.8) is 0 Å². The van der Waals surface area contributed by atoms with Gasteiger partial charge in [0.1, 0.15) is 10.7 Å². The first-order chi connectivity index (χ1) is 15.3. The molecule has 0 saturated heterocycles. The molecule has 2 heterocycles. The number of rotatable bonds is 6. The van der Waals surface area contributed by atoms with Crippen molar-refractivity contribution in [1.82, 2.24) is 19.9 Å². The molecule has 2 aromatic carbocycles. The predicted molar refractivity (Wildman–Crippen MR) is 123 cm³/mol. The highest BCUT2D eigenvalue weighted by molar-refractivity contribution is 7.15. The molecule has 9 heteroatoms. The Morgan fingerprint density at radius 2 is 1.94 bits per heavy atom. The number of aryl methyl sites for hydroxylation is 2. The summed E-state index contributed by atoms with van der Waals surface area (Å²) in [5.41, 5.74) is 3.44. The fourth-order valence-electron chi connectivity index (χ4n) is 3.41. The van der Waals surface area contributed by atoms with Gasteiger partial charge in [-0.1, -0.05) is 29.8 Å². The SMILES string of the molecule is Cc1ccc(-c2nc(C)c(C(C)NC(=O)c3ccc(-n4ccnc4)c([N+](=O)[O-])c3)s2)cc1. The second kappa shape index (κ2) is 8.72. The van der Waals surface area contributed by atoms with Crippen molar-refractivity contribution < 1.29 is 9.72 Å². The van der Waals surface area contributed by atoms with E-state index in [-0.39, 0.29) is 23.2 Å². The minimum Gasteiger partial charge on any atom is -0.345 e. The molecule has 1 N–H and O–H groups in total. The Kier molecular flexibility index (Phi) is 5.83. The van der Waals surface area contributed by atoms with Crippen LogP contribution < -0.4 is 5.32 Å². The zero-order valence-corrected chi connectivity index (χ0v) is 18.6. The third-order valence-corrected chi connectivity index (χ3v) is 6.48. The molecule has 1 atom stereocenters. The summed E-state index contributed by atoms with van der Waals surface area (Å²) in [4.78, 5) is 33.5. The minimum atomic E-state index is -0.503. The Morgan fingerprint density at radius 1 is 1.19 bits per heavy atom. The van der Waals surface area contributed by atoms with Crippen LogP contribution in [0.5, 0.6) is 0 Å². The van der Waals surface area contributed by atoms with E-state index in [4.69, 9.17) is 0 Å². The molecule has 1 unspecified atom stereocenters. The number of nitrogens with zero attached hydrogens (tertiary/aromatic N) is 4. The summed E-state index contributed by atoms with van der Waals surface area (Å²) in [5.74, 6) is -0.387. The lowest BCUT2D eigenvalue weighted by Gasteiger charge is -2.13. The zero-order valence-electron chi connectivity index (χ0n) is 17.8. The number of imidazole rings is 1. The van der Waals surface area contributed by atoms with Crippen LogP contribution in [0.15, 0.2) is 61.2 Å². The smallest absolute Gasteiger partial charge is 0.294 e. The molecule has 4 aromatic rings. The Hall–Kier alpha value is -3.85. The summed E-state index contributed by atoms with van der Waals surface area (Å²) in [5, 5.41) is 15.4. The predicted octanol–water partition coefficient (Wildman–Crippen LogP) is 5.01. The second-order valence-corrected chi connectivity index (χ2v) is 8.49. The molecule has 4 rings (SSSR count). The van der Waals surface area contributed by atoms with Crippen molar-refractivity contribution in [3.05, 3.63) is 93.0 Å². The van der Waals surface area contributed by atoms with Crippen LogP contribution in [-0.4, -0.2) is 25.4 Å². The third-order valence-electron chi connectivity index (χ3n) is 5.09. The number of benzene rings is 2. The summed E-state index contributed by atoms with van der Waals surface area (Å²) in [6, 6.07) is 12.2. The van der Waals surface area contributed by atoms with Gasteiger partial charge >= 0.3 is 0 Å². The Bertz CT molecular complexity index is 1280. The van der Waals surface area contributed by atoms with Gasteiger partial charge in [-0.05, 0) is 32.9 Å². The molecule has 0 aliphatic rings. The molecular formula is C23H21N5O3S. The lowest BCUT2D eigenvalue weighted by atomic mass is 10.1. The number of amides is 1. The standard InChI is InChI=1S/C23H21N5O3S/c1-14-4-6-17(7-5-14)23-26-16(3)21(32-23)15(2)25-22(29)18-8-9-19(20(12-18)28(30)31)27-11-10-24-13-27/h4-13,15H,1-3H3,(H,25,29). The van der Waals surface area contributed by atoms with E-state index >= 15 is 0 Å². The van der Waals surface area contributed by atoms with Gasteiger partial charge in [-0.25, -0.2) is 9.97 Å². The van der Waals surface area contributed by atoms with Gasteiger partial charge in [-0.3, -0.25) is 14.9 Å². The van der Waals surface area contributed by atoms with Gasteiger partial charge in [-0.15, -0.1) is 11.3 Å². The average molecular weight is 448 g/mol. The molecule has 0 saturated carbocycles. The minimum absolute atomic E-state index is 0.168. The fraction of sp³-hybridized carbons (Fsp3) is 0.174. The van der Waals surface area contributed by atoms with Crippen molar-refractivity contribution in [3.8, 4) is 16.3 Å². The summed E-state index contributed by atoms with van der Waals surface area (Å²) in [7, 11) is 0. The molecular weight excluding hydrogens is 426 g/mol. The van der Waals surface area contributed by atoms with E-state index in [2.05, 4.69) is 15.3 Å². The maximum atomic E-state index is 12.9. The van der Waals surface area contributed by atoms with Gasteiger partial charge in [0.05, 0.1) is 27.9 Å². The molecule has 1 amide bonds. The van der Waals surface area contributed by atoms with Gasteiger partial charge in [0, 0.05) is 29.6 Å². The number of nitro benzene ring substituents is 1. The van der Waals surface area contributed by atoms with Crippen molar-refractivity contribution in [2.24, 2.45) is 0 Å². The van der Waals surface area contributed by atoms with Crippen molar-refractivity contribution in [2.45, 2.75) is 26.8 Å². The molecule has 0 aliphatic heterocycles. The lowest BCUT2D eigenvalue weighted by molar-refractivity contribution is -0.384. The molecule has 32 heavy (non-hydrogen) atoms. The number of aromatic nitrogens is 3. The number of carbonyl (C=O) groups is 1. The summed E-state index contributed by atoms with van der Waals surface area (Å²) in [6.07, 6.45) is 4.62. The largest absolute Gasteiger partial charge is 0.345 e. The van der Waals surface area contributed by atoms with Crippen LogP contribution in [0.4, 0.5) is 5.69 Å². The Balaban J connectivity index is 1.56. The van der Waals surface area contributed by atoms with Crippen LogP contribution in [0, 0.1) is 24.0 Å². The van der Waals surface area contributed by atoms with Crippen molar-refractivity contribution in [2.75, 3.05) is 0 Å². The van der Waals surface area contributed by atoms with Crippen LogP contribution in [0.3, 0.4) is 0 Å². The van der Waals surface area contributed by atoms with Crippen LogP contribution >= 0.6 is 11.3 Å². The van der Waals surface area contributed by atoms with Crippen molar-refractivity contribution >= 4 is 22.9 Å². The number of hydrogen-bond donors (Lipinski definition) is 1. The monoisotopic (exact) mass is 447 g/mol. The molecule has 0 bridgehead atoms. The molecule has 0 aliphatic carbocycles.